The topological polar surface area (TPSA) is 195 Å². The Morgan fingerprint density at radius 2 is 1.04 bits per heavy atom. The minimum atomic E-state index is -1.08. The van der Waals surface area contributed by atoms with Crippen LogP contribution in [0.4, 0.5) is 0 Å². The molecular formula is C34H32N4O10. The van der Waals surface area contributed by atoms with E-state index < -0.39 is 29.3 Å². The fourth-order valence-electron chi connectivity index (χ4n) is 5.39. The number of carbonyl (C=O) groups excluding carboxylic acids is 4. The van der Waals surface area contributed by atoms with E-state index in [1.165, 1.54) is 79.7 Å². The zero-order valence-electron chi connectivity index (χ0n) is 26.0. The second-order valence-electron chi connectivity index (χ2n) is 10.8. The van der Waals surface area contributed by atoms with Crippen LogP contribution in [0.2, 0.25) is 0 Å². The summed E-state index contributed by atoms with van der Waals surface area (Å²) >= 11 is 0. The first kappa shape index (κ1) is 33.1. The maximum Gasteiger partial charge on any atom is 0.343 e. The monoisotopic (exact) mass is 656 g/mol. The van der Waals surface area contributed by atoms with E-state index in [4.69, 9.17) is 4.74 Å². The van der Waals surface area contributed by atoms with Crippen LogP contribution in [0, 0.1) is 6.92 Å². The van der Waals surface area contributed by atoms with Crippen molar-refractivity contribution in [2.24, 2.45) is 0 Å². The first-order valence-electron chi connectivity index (χ1n) is 15.0. The number of unbranched alkanes of at least 4 members (excludes halogenated alkanes) is 1. The van der Waals surface area contributed by atoms with Gasteiger partial charge in [0.25, 0.3) is 11.8 Å². The summed E-state index contributed by atoms with van der Waals surface area (Å²) in [7, 11) is 0. The predicted molar refractivity (Wildman–Crippen MR) is 171 cm³/mol. The van der Waals surface area contributed by atoms with Crippen LogP contribution in [0.15, 0.2) is 77.6 Å². The molecule has 14 heteroatoms. The average Bonchev–Trinajstić information content (AvgIpc) is 3.68. The lowest BCUT2D eigenvalue weighted by Crippen LogP contribution is -2.34. The molecule has 14 nitrogen and oxygen atoms in total. The highest BCUT2D eigenvalue weighted by Gasteiger charge is 2.30. The third-order valence-corrected chi connectivity index (χ3v) is 7.72. The number of rotatable bonds is 11. The lowest BCUT2D eigenvalue weighted by atomic mass is 10.1. The minimum absolute atomic E-state index is 0.0174. The van der Waals surface area contributed by atoms with Gasteiger partial charge < -0.3 is 25.2 Å². The molecule has 0 amide bonds. The maximum atomic E-state index is 13.9. The number of ketones is 1. The normalized spacial score (nSPS) is 11.0. The molecule has 0 fully saturated rings. The van der Waals surface area contributed by atoms with Crippen molar-refractivity contribution in [1.82, 2.24) is 18.3 Å². The molecule has 0 radical (unpaired) electrons. The average molecular weight is 657 g/mol. The highest BCUT2D eigenvalue weighted by atomic mass is 16.5. The summed E-state index contributed by atoms with van der Waals surface area (Å²) in [5.41, 5.74) is -0.812. The van der Waals surface area contributed by atoms with Crippen molar-refractivity contribution in [3.63, 3.8) is 0 Å². The standard InChI is InChI=1S/C34H32N4O10/c1-3-48-30(44)7-5-4-6-25(39)31-20(2)35(32(45)21-8-12-23(13-9-21)36-26(40)16-17-27(36)41)34(47)38(31)33(46)22-10-14-24(15-11-22)37-28(42)18-19-29(37)43/h8-19,40-43H,3-7H2,1-2H3. The largest absolute Gasteiger partial charge is 0.494 e. The Morgan fingerprint density at radius 3 is 1.48 bits per heavy atom. The van der Waals surface area contributed by atoms with Crippen molar-refractivity contribution in [3.05, 3.63) is 106 Å². The number of ether oxygens (including phenoxy) is 1. The number of aromatic nitrogens is 4. The number of benzene rings is 2. The van der Waals surface area contributed by atoms with E-state index in [-0.39, 0.29) is 71.9 Å². The van der Waals surface area contributed by atoms with Crippen LogP contribution < -0.4 is 5.69 Å². The predicted octanol–water partition coefficient (Wildman–Crippen LogP) is 4.05. The van der Waals surface area contributed by atoms with Gasteiger partial charge in [-0.05, 0) is 75.2 Å². The van der Waals surface area contributed by atoms with Gasteiger partial charge in [-0.2, -0.15) is 0 Å². The van der Waals surface area contributed by atoms with Gasteiger partial charge in [0.05, 0.1) is 23.7 Å². The van der Waals surface area contributed by atoms with E-state index in [0.717, 1.165) is 13.7 Å². The van der Waals surface area contributed by atoms with Crippen molar-refractivity contribution >= 4 is 23.6 Å². The number of hydrogen-bond acceptors (Lipinski definition) is 10. The van der Waals surface area contributed by atoms with Crippen molar-refractivity contribution in [1.29, 1.82) is 0 Å². The fraction of sp³-hybridized carbons (Fsp3) is 0.206. The Labute approximate surface area is 272 Å². The smallest absolute Gasteiger partial charge is 0.343 e. The van der Waals surface area contributed by atoms with Gasteiger partial charge >= 0.3 is 11.7 Å². The molecule has 0 aliphatic rings. The number of imidazole rings is 1. The van der Waals surface area contributed by atoms with E-state index in [0.29, 0.717) is 22.4 Å². The van der Waals surface area contributed by atoms with Crippen LogP contribution in [0.25, 0.3) is 11.4 Å². The van der Waals surface area contributed by atoms with Gasteiger partial charge in [-0.3, -0.25) is 28.3 Å². The highest BCUT2D eigenvalue weighted by molar-refractivity contribution is 6.06. The summed E-state index contributed by atoms with van der Waals surface area (Å²) in [4.78, 5) is 66.7. The summed E-state index contributed by atoms with van der Waals surface area (Å²) in [6.45, 7) is 3.28. The third-order valence-electron chi connectivity index (χ3n) is 7.72. The number of aromatic hydroxyl groups is 4. The lowest BCUT2D eigenvalue weighted by Gasteiger charge is -2.09. The maximum absolute atomic E-state index is 13.9. The highest BCUT2D eigenvalue weighted by Crippen LogP contribution is 2.28. The Kier molecular flexibility index (Phi) is 9.36. The molecule has 2 aromatic carbocycles. The summed E-state index contributed by atoms with van der Waals surface area (Å²) in [5, 5.41) is 40.2. The van der Waals surface area contributed by atoms with Crippen LogP contribution in [0.5, 0.6) is 23.5 Å². The van der Waals surface area contributed by atoms with E-state index in [2.05, 4.69) is 0 Å². The van der Waals surface area contributed by atoms with E-state index in [1.54, 1.807) is 6.92 Å². The van der Waals surface area contributed by atoms with Gasteiger partial charge in [0.2, 0.25) is 0 Å². The molecule has 0 bridgehead atoms. The van der Waals surface area contributed by atoms with E-state index in [9.17, 15) is 44.4 Å². The van der Waals surface area contributed by atoms with Crippen LogP contribution in [-0.4, -0.2) is 68.9 Å². The third kappa shape index (κ3) is 6.23. The fourth-order valence-corrected chi connectivity index (χ4v) is 5.39. The minimum Gasteiger partial charge on any atom is -0.494 e. The second kappa shape index (κ2) is 13.6. The second-order valence-corrected chi connectivity index (χ2v) is 10.8. The molecule has 3 aromatic heterocycles. The molecular weight excluding hydrogens is 624 g/mol. The first-order valence-corrected chi connectivity index (χ1v) is 15.0. The van der Waals surface area contributed by atoms with Crippen LogP contribution in [0.1, 0.15) is 69.5 Å². The Balaban J connectivity index is 1.51. The van der Waals surface area contributed by atoms with Gasteiger partial charge in [-0.15, -0.1) is 0 Å². The molecule has 0 saturated carbocycles. The summed E-state index contributed by atoms with van der Waals surface area (Å²) in [6.07, 6.45) is 0.520. The molecule has 0 spiro atoms. The Morgan fingerprint density at radius 1 is 0.625 bits per heavy atom. The molecule has 0 unspecified atom stereocenters. The summed E-state index contributed by atoms with van der Waals surface area (Å²) < 4.78 is 8.54. The first-order chi connectivity index (χ1) is 22.9. The van der Waals surface area contributed by atoms with Crippen molar-refractivity contribution in [3.8, 4) is 34.9 Å². The van der Waals surface area contributed by atoms with E-state index >= 15 is 0 Å². The molecule has 5 aromatic rings. The van der Waals surface area contributed by atoms with Crippen LogP contribution >= 0.6 is 0 Å². The van der Waals surface area contributed by atoms with Crippen LogP contribution in [-0.2, 0) is 9.53 Å². The number of carbonyl (C=O) groups is 4. The van der Waals surface area contributed by atoms with Crippen molar-refractivity contribution < 1.29 is 44.3 Å². The van der Waals surface area contributed by atoms with Gasteiger partial charge in [0.1, 0.15) is 5.69 Å². The van der Waals surface area contributed by atoms with Gasteiger partial charge in [0, 0.05) is 48.2 Å². The number of hydrogen-bond donors (Lipinski definition) is 4. The zero-order valence-corrected chi connectivity index (χ0v) is 26.0. The zero-order chi connectivity index (χ0) is 34.7. The van der Waals surface area contributed by atoms with Gasteiger partial charge in [0.15, 0.2) is 29.3 Å². The molecule has 48 heavy (non-hydrogen) atoms. The quantitative estimate of drug-likeness (QED) is 0.0915. The number of Topliss-reactive ketones (excluding diaryl/α,β-unsaturated/α-hetero) is 1. The van der Waals surface area contributed by atoms with Crippen LogP contribution in [0.3, 0.4) is 0 Å². The van der Waals surface area contributed by atoms with Gasteiger partial charge in [-0.25, -0.2) is 13.9 Å². The Hall–Kier alpha value is -6.31. The van der Waals surface area contributed by atoms with Gasteiger partial charge in [-0.1, -0.05) is 0 Å². The molecule has 248 valence electrons. The van der Waals surface area contributed by atoms with Crippen molar-refractivity contribution in [2.45, 2.75) is 39.5 Å². The molecule has 0 saturated heterocycles. The number of esters is 1. The molecule has 0 aliphatic heterocycles. The molecule has 3 heterocycles. The lowest BCUT2D eigenvalue weighted by molar-refractivity contribution is -0.143. The molecule has 0 aliphatic carbocycles. The number of nitrogens with zero attached hydrogens (tertiary/aromatic N) is 4. The molecule has 4 N–H and O–H groups in total. The summed E-state index contributed by atoms with van der Waals surface area (Å²) in [6, 6.07) is 16.3. The van der Waals surface area contributed by atoms with E-state index in [1.807, 2.05) is 0 Å². The molecule has 5 rings (SSSR count). The summed E-state index contributed by atoms with van der Waals surface area (Å²) in [5.74, 6) is -3.72. The van der Waals surface area contributed by atoms with Crippen molar-refractivity contribution in [2.75, 3.05) is 6.61 Å². The Bertz CT molecular complexity index is 2040. The molecule has 0 atom stereocenters. The SMILES string of the molecule is CCOC(=O)CCCCC(=O)c1c(C)n(C(=O)c2ccc(-n3c(O)ccc3O)cc2)c(=O)n1C(=O)c1ccc(-n2c(O)ccc2O)cc1.